The van der Waals surface area contributed by atoms with Gasteiger partial charge in [0, 0.05) is 34.9 Å². The van der Waals surface area contributed by atoms with Crippen LogP contribution in [0.2, 0.25) is 5.02 Å². The molecule has 4 heterocycles. The Morgan fingerprint density at radius 2 is 1.89 bits per heavy atom. The molecule has 35 heavy (non-hydrogen) atoms. The van der Waals surface area contributed by atoms with Gasteiger partial charge in [-0.15, -0.1) is 10.2 Å². The fourth-order valence-corrected chi connectivity index (χ4v) is 4.83. The van der Waals surface area contributed by atoms with E-state index in [4.69, 9.17) is 16.7 Å². The predicted octanol–water partition coefficient (Wildman–Crippen LogP) is 5.35. The predicted molar refractivity (Wildman–Crippen MR) is 139 cm³/mol. The van der Waals surface area contributed by atoms with Crippen LogP contribution in [0.1, 0.15) is 23.7 Å². The number of hydrogen-bond donors (Lipinski definition) is 1. The topological polar surface area (TPSA) is 80.9 Å². The second-order valence-corrected chi connectivity index (χ2v) is 9.22. The molecule has 0 atom stereocenters. The minimum Gasteiger partial charge on any atom is -0.361 e. The van der Waals surface area contributed by atoms with Crippen LogP contribution in [0, 0.1) is 6.92 Å². The Morgan fingerprint density at radius 1 is 1.06 bits per heavy atom. The summed E-state index contributed by atoms with van der Waals surface area (Å²) in [5.41, 5.74) is 7.69. The molecular weight excluding hydrogens is 460 g/mol. The average Bonchev–Trinajstić information content (AvgIpc) is 3.45. The first-order chi connectivity index (χ1) is 17.0. The summed E-state index contributed by atoms with van der Waals surface area (Å²) in [6.07, 6.45) is 5.30. The number of hydrogen-bond acceptors (Lipinski definition) is 4. The number of rotatable bonds is 5. The van der Waals surface area contributed by atoms with E-state index in [1.54, 1.807) is 9.08 Å². The highest BCUT2D eigenvalue weighted by molar-refractivity contribution is 6.30. The number of pyridine rings is 1. The largest absolute Gasteiger partial charge is 0.361 e. The number of aromatic amines is 1. The van der Waals surface area contributed by atoms with Gasteiger partial charge in [0.15, 0.2) is 11.2 Å². The molecule has 0 unspecified atom stereocenters. The Bertz CT molecular complexity index is 1780. The summed E-state index contributed by atoms with van der Waals surface area (Å²) < 4.78 is 3.43. The van der Waals surface area contributed by atoms with Crippen molar-refractivity contribution in [2.24, 2.45) is 0 Å². The molecule has 0 saturated heterocycles. The van der Waals surface area contributed by atoms with Crippen LogP contribution in [0.15, 0.2) is 65.7 Å². The molecule has 0 amide bonds. The molecule has 0 aliphatic heterocycles. The van der Waals surface area contributed by atoms with Gasteiger partial charge in [0.2, 0.25) is 0 Å². The third kappa shape index (κ3) is 3.59. The highest BCUT2D eigenvalue weighted by Gasteiger charge is 2.19. The molecule has 174 valence electrons. The molecular formula is C27H23ClN6O. The third-order valence-corrected chi connectivity index (χ3v) is 6.79. The summed E-state index contributed by atoms with van der Waals surface area (Å²) in [5.74, 6) is 0. The van der Waals surface area contributed by atoms with Gasteiger partial charge < -0.3 is 9.55 Å². The number of nitrogens with zero attached hydrogens (tertiary/aromatic N) is 5. The lowest BCUT2D eigenvalue weighted by molar-refractivity contribution is 0.673. The van der Waals surface area contributed by atoms with Crippen molar-refractivity contribution in [1.29, 1.82) is 0 Å². The van der Waals surface area contributed by atoms with Crippen LogP contribution in [-0.4, -0.2) is 29.4 Å². The van der Waals surface area contributed by atoms with Crippen molar-refractivity contribution < 1.29 is 0 Å². The van der Waals surface area contributed by atoms with Gasteiger partial charge in [-0.2, -0.15) is 5.10 Å². The number of aryl methyl sites for hydroxylation is 4. The summed E-state index contributed by atoms with van der Waals surface area (Å²) in [4.78, 5) is 16.6. The summed E-state index contributed by atoms with van der Waals surface area (Å²) in [7, 11) is 0. The average molecular weight is 483 g/mol. The lowest BCUT2D eigenvalue weighted by atomic mass is 10.0. The zero-order valence-electron chi connectivity index (χ0n) is 19.4. The van der Waals surface area contributed by atoms with Crippen LogP contribution >= 0.6 is 11.6 Å². The van der Waals surface area contributed by atoms with E-state index < -0.39 is 0 Å². The Labute approximate surface area is 206 Å². The van der Waals surface area contributed by atoms with Gasteiger partial charge in [0.1, 0.15) is 5.52 Å². The Kier molecular flexibility index (Phi) is 5.15. The molecule has 0 saturated carbocycles. The second kappa shape index (κ2) is 8.36. The molecule has 4 aromatic heterocycles. The summed E-state index contributed by atoms with van der Waals surface area (Å²) in [6.45, 7) is 4.68. The first-order valence-electron chi connectivity index (χ1n) is 11.6. The van der Waals surface area contributed by atoms with Crippen molar-refractivity contribution >= 4 is 39.2 Å². The molecule has 0 fully saturated rings. The van der Waals surface area contributed by atoms with Gasteiger partial charge in [0.25, 0.3) is 5.56 Å². The van der Waals surface area contributed by atoms with Crippen LogP contribution < -0.4 is 5.56 Å². The highest BCUT2D eigenvalue weighted by Crippen LogP contribution is 2.30. The smallest absolute Gasteiger partial charge is 0.280 e. The second-order valence-electron chi connectivity index (χ2n) is 8.78. The van der Waals surface area contributed by atoms with Crippen molar-refractivity contribution in [2.75, 3.05) is 0 Å². The van der Waals surface area contributed by atoms with Gasteiger partial charge in [-0.3, -0.25) is 4.79 Å². The normalized spacial score (nSPS) is 11.7. The lowest BCUT2D eigenvalue weighted by Crippen LogP contribution is -2.22. The maximum Gasteiger partial charge on any atom is 0.280 e. The fraction of sp³-hybridized carbons (Fsp3) is 0.185. The van der Waals surface area contributed by atoms with Crippen molar-refractivity contribution in [3.63, 3.8) is 0 Å². The molecule has 0 bridgehead atoms. The van der Waals surface area contributed by atoms with Crippen LogP contribution in [0.5, 0.6) is 0 Å². The molecule has 6 aromatic rings. The zero-order valence-corrected chi connectivity index (χ0v) is 20.2. The molecule has 1 N–H and O–H groups in total. The molecule has 0 spiro atoms. The van der Waals surface area contributed by atoms with Crippen molar-refractivity contribution in [3.8, 4) is 11.1 Å². The standard InChI is InChI=1S/C27H23ClN6O/c1-3-21-24(17-5-7-19(28)8-6-17)26-31-30-25-23(34(26)32-21)11-13-33(27(25)35)12-10-18-15-29-22-9-4-16(2)14-20(18)22/h4-9,11,13-15,29H,3,10,12H2,1-2H3. The Morgan fingerprint density at radius 3 is 2.69 bits per heavy atom. The van der Waals surface area contributed by atoms with Crippen LogP contribution in [0.25, 0.3) is 38.7 Å². The van der Waals surface area contributed by atoms with Crippen molar-refractivity contribution in [1.82, 2.24) is 29.4 Å². The number of fused-ring (bicyclic) bond motifs is 4. The maximum atomic E-state index is 13.3. The van der Waals surface area contributed by atoms with Gasteiger partial charge in [-0.05, 0) is 61.2 Å². The molecule has 0 radical (unpaired) electrons. The molecule has 8 heteroatoms. The summed E-state index contributed by atoms with van der Waals surface area (Å²) in [6, 6.07) is 15.9. The number of halogens is 1. The molecule has 0 aliphatic rings. The van der Waals surface area contributed by atoms with E-state index in [2.05, 4.69) is 47.2 Å². The van der Waals surface area contributed by atoms with Gasteiger partial charge in [-0.1, -0.05) is 42.3 Å². The number of H-pyrrole nitrogens is 1. The van der Waals surface area contributed by atoms with Crippen LogP contribution in [-0.2, 0) is 19.4 Å². The zero-order chi connectivity index (χ0) is 24.1. The minimum atomic E-state index is -0.172. The van der Waals surface area contributed by atoms with Gasteiger partial charge >= 0.3 is 0 Å². The SMILES string of the molecule is CCc1nn2c(nnc3c(=O)n(CCc4c[nH]c5ccc(C)cc45)ccc32)c1-c1ccc(Cl)cc1. The number of benzene rings is 2. The van der Waals surface area contributed by atoms with E-state index in [1.807, 2.05) is 42.7 Å². The van der Waals surface area contributed by atoms with Gasteiger partial charge in [0.05, 0.1) is 11.3 Å². The Hall–Kier alpha value is -3.97. The first kappa shape index (κ1) is 21.6. The minimum absolute atomic E-state index is 0.172. The molecule has 7 nitrogen and oxygen atoms in total. The Balaban J connectivity index is 1.41. The first-order valence-corrected chi connectivity index (χ1v) is 12.0. The molecule has 2 aromatic carbocycles. The van der Waals surface area contributed by atoms with Crippen LogP contribution in [0.3, 0.4) is 0 Å². The third-order valence-electron chi connectivity index (χ3n) is 6.54. The number of aromatic nitrogens is 6. The lowest BCUT2D eigenvalue weighted by Gasteiger charge is -2.07. The highest BCUT2D eigenvalue weighted by atomic mass is 35.5. The van der Waals surface area contributed by atoms with Crippen molar-refractivity contribution in [2.45, 2.75) is 33.2 Å². The summed E-state index contributed by atoms with van der Waals surface area (Å²) >= 11 is 6.08. The quantitative estimate of drug-likeness (QED) is 0.359. The van der Waals surface area contributed by atoms with E-state index >= 15 is 0 Å². The fourth-order valence-electron chi connectivity index (χ4n) is 4.70. The van der Waals surface area contributed by atoms with Crippen molar-refractivity contribution in [3.05, 3.63) is 93.1 Å². The van der Waals surface area contributed by atoms with E-state index in [0.29, 0.717) is 28.2 Å². The van der Waals surface area contributed by atoms with Crippen LogP contribution in [0.4, 0.5) is 0 Å². The van der Waals surface area contributed by atoms with Gasteiger partial charge in [-0.25, -0.2) is 4.52 Å². The molecule has 0 aliphatic carbocycles. The summed E-state index contributed by atoms with van der Waals surface area (Å²) in [5, 5.41) is 15.4. The van der Waals surface area contributed by atoms with E-state index in [1.165, 1.54) is 16.5 Å². The van der Waals surface area contributed by atoms with E-state index in [9.17, 15) is 4.79 Å². The molecule has 6 rings (SSSR count). The van der Waals surface area contributed by atoms with E-state index in [-0.39, 0.29) is 5.56 Å². The maximum absolute atomic E-state index is 13.3. The van der Waals surface area contributed by atoms with E-state index in [0.717, 1.165) is 35.2 Å². The number of nitrogens with one attached hydrogen (secondary N) is 1. The monoisotopic (exact) mass is 482 g/mol.